The Morgan fingerprint density at radius 2 is 2.12 bits per heavy atom. The summed E-state index contributed by atoms with van der Waals surface area (Å²) in [6, 6.07) is 10.5. The summed E-state index contributed by atoms with van der Waals surface area (Å²) in [7, 11) is 0. The first kappa shape index (κ1) is 11.6. The Kier molecular flexibility index (Phi) is 3.28. The molecule has 0 bridgehead atoms. The fourth-order valence-corrected chi connectivity index (χ4v) is 2.42. The lowest BCUT2D eigenvalue weighted by molar-refractivity contribution is 0.0626. The zero-order valence-electron chi connectivity index (χ0n) is 9.76. The summed E-state index contributed by atoms with van der Waals surface area (Å²) < 4.78 is 0. The molecule has 1 aliphatic rings. The van der Waals surface area contributed by atoms with Crippen LogP contribution in [0.25, 0.3) is 0 Å². The van der Waals surface area contributed by atoms with E-state index in [0.717, 1.165) is 13.0 Å². The molecule has 0 spiro atoms. The van der Waals surface area contributed by atoms with Gasteiger partial charge in [-0.05, 0) is 18.9 Å². The standard InChI is InChI=1S/C13H20N2O/c1-13(16)7-8-15(10-13)12(9-14)11-5-3-2-4-6-11/h2-6,12,16H,7-10,14H2,1H3. The zero-order chi connectivity index (χ0) is 11.6. The van der Waals surface area contributed by atoms with Crippen molar-refractivity contribution < 1.29 is 5.11 Å². The van der Waals surface area contributed by atoms with E-state index in [1.54, 1.807) is 0 Å². The molecule has 3 nitrogen and oxygen atoms in total. The van der Waals surface area contributed by atoms with Gasteiger partial charge in [-0.25, -0.2) is 0 Å². The quantitative estimate of drug-likeness (QED) is 0.803. The van der Waals surface area contributed by atoms with Crippen molar-refractivity contribution in [2.45, 2.75) is 25.0 Å². The average Bonchev–Trinajstić information content (AvgIpc) is 2.62. The molecule has 1 aromatic carbocycles. The van der Waals surface area contributed by atoms with E-state index in [2.05, 4.69) is 17.0 Å². The Morgan fingerprint density at radius 3 is 2.62 bits per heavy atom. The smallest absolute Gasteiger partial charge is 0.0758 e. The molecule has 2 atom stereocenters. The minimum absolute atomic E-state index is 0.232. The van der Waals surface area contributed by atoms with Crippen LogP contribution < -0.4 is 5.73 Å². The molecule has 0 aliphatic carbocycles. The molecular weight excluding hydrogens is 200 g/mol. The summed E-state index contributed by atoms with van der Waals surface area (Å²) in [6.45, 7) is 4.12. The maximum Gasteiger partial charge on any atom is 0.0758 e. The van der Waals surface area contributed by atoms with Crippen molar-refractivity contribution in [3.8, 4) is 0 Å². The highest BCUT2D eigenvalue weighted by Crippen LogP contribution is 2.28. The van der Waals surface area contributed by atoms with E-state index in [1.807, 2.05) is 25.1 Å². The SMILES string of the molecule is CC1(O)CCN(C(CN)c2ccccc2)C1. The van der Waals surface area contributed by atoms with Gasteiger partial charge in [-0.15, -0.1) is 0 Å². The number of hydrogen-bond acceptors (Lipinski definition) is 3. The molecule has 2 rings (SSSR count). The minimum Gasteiger partial charge on any atom is -0.389 e. The third-order valence-electron chi connectivity index (χ3n) is 3.33. The number of benzene rings is 1. The van der Waals surface area contributed by atoms with Crippen molar-refractivity contribution in [2.75, 3.05) is 19.6 Å². The molecule has 88 valence electrons. The van der Waals surface area contributed by atoms with Crippen LogP contribution in [-0.4, -0.2) is 35.2 Å². The van der Waals surface area contributed by atoms with Crippen molar-refractivity contribution in [1.82, 2.24) is 4.90 Å². The Balaban J connectivity index is 2.13. The molecule has 3 N–H and O–H groups in total. The number of nitrogens with zero attached hydrogens (tertiary/aromatic N) is 1. The molecule has 1 saturated heterocycles. The summed E-state index contributed by atoms with van der Waals surface area (Å²) >= 11 is 0. The Labute approximate surface area is 96.9 Å². The zero-order valence-corrected chi connectivity index (χ0v) is 9.76. The number of hydrogen-bond donors (Lipinski definition) is 2. The van der Waals surface area contributed by atoms with Crippen LogP contribution in [0.15, 0.2) is 30.3 Å². The molecule has 16 heavy (non-hydrogen) atoms. The van der Waals surface area contributed by atoms with Gasteiger partial charge in [0.05, 0.1) is 5.60 Å². The van der Waals surface area contributed by atoms with Gasteiger partial charge >= 0.3 is 0 Å². The van der Waals surface area contributed by atoms with Crippen molar-refractivity contribution in [3.05, 3.63) is 35.9 Å². The van der Waals surface area contributed by atoms with Crippen LogP contribution in [0.5, 0.6) is 0 Å². The fraction of sp³-hybridized carbons (Fsp3) is 0.538. The second-order valence-corrected chi connectivity index (χ2v) is 4.88. The number of aliphatic hydroxyl groups is 1. The highest BCUT2D eigenvalue weighted by Gasteiger charge is 2.34. The van der Waals surface area contributed by atoms with Crippen LogP contribution in [0.4, 0.5) is 0 Å². The molecule has 1 fully saturated rings. The first-order chi connectivity index (χ1) is 7.62. The van der Waals surface area contributed by atoms with Gasteiger partial charge in [0.25, 0.3) is 0 Å². The van der Waals surface area contributed by atoms with Crippen molar-refractivity contribution in [1.29, 1.82) is 0 Å². The number of β-amino-alcohol motifs (C(OH)–C–C–N with tert-alkyl or cyclic N) is 1. The number of nitrogens with two attached hydrogens (primary N) is 1. The van der Waals surface area contributed by atoms with Gasteiger partial charge in [-0.1, -0.05) is 30.3 Å². The van der Waals surface area contributed by atoms with Crippen LogP contribution in [0.2, 0.25) is 0 Å². The van der Waals surface area contributed by atoms with E-state index in [4.69, 9.17) is 5.73 Å². The highest BCUT2D eigenvalue weighted by molar-refractivity contribution is 5.20. The summed E-state index contributed by atoms with van der Waals surface area (Å²) in [5, 5.41) is 9.97. The van der Waals surface area contributed by atoms with Crippen LogP contribution >= 0.6 is 0 Å². The molecule has 1 aliphatic heterocycles. The van der Waals surface area contributed by atoms with Crippen molar-refractivity contribution in [3.63, 3.8) is 0 Å². The first-order valence-corrected chi connectivity index (χ1v) is 5.84. The van der Waals surface area contributed by atoms with E-state index in [9.17, 15) is 5.11 Å². The van der Waals surface area contributed by atoms with Gasteiger partial charge in [-0.3, -0.25) is 4.90 Å². The molecule has 1 heterocycles. The predicted molar refractivity (Wildman–Crippen MR) is 65.1 cm³/mol. The number of rotatable bonds is 3. The van der Waals surface area contributed by atoms with Gasteiger partial charge in [0.2, 0.25) is 0 Å². The molecule has 2 unspecified atom stereocenters. The average molecular weight is 220 g/mol. The Morgan fingerprint density at radius 1 is 1.44 bits per heavy atom. The van der Waals surface area contributed by atoms with Gasteiger partial charge in [0.15, 0.2) is 0 Å². The minimum atomic E-state index is -0.553. The van der Waals surface area contributed by atoms with Crippen LogP contribution in [-0.2, 0) is 0 Å². The summed E-state index contributed by atoms with van der Waals surface area (Å²) in [5.74, 6) is 0. The van der Waals surface area contributed by atoms with Gasteiger partial charge < -0.3 is 10.8 Å². The van der Waals surface area contributed by atoms with E-state index >= 15 is 0 Å². The molecule has 0 saturated carbocycles. The topological polar surface area (TPSA) is 49.5 Å². The third-order valence-corrected chi connectivity index (χ3v) is 3.33. The molecular formula is C13H20N2O. The second kappa shape index (κ2) is 4.53. The van der Waals surface area contributed by atoms with E-state index in [1.165, 1.54) is 5.56 Å². The van der Waals surface area contributed by atoms with Crippen LogP contribution in [0.3, 0.4) is 0 Å². The summed E-state index contributed by atoms with van der Waals surface area (Å²) in [5.41, 5.74) is 6.54. The fourth-order valence-electron chi connectivity index (χ4n) is 2.42. The third kappa shape index (κ3) is 2.43. The Bertz CT molecular complexity index is 337. The van der Waals surface area contributed by atoms with Gasteiger partial charge in [0.1, 0.15) is 0 Å². The molecule has 1 aromatic rings. The highest BCUT2D eigenvalue weighted by atomic mass is 16.3. The largest absolute Gasteiger partial charge is 0.389 e. The second-order valence-electron chi connectivity index (χ2n) is 4.88. The molecule has 0 radical (unpaired) electrons. The molecule has 3 heteroatoms. The van der Waals surface area contributed by atoms with Gasteiger partial charge in [-0.2, -0.15) is 0 Å². The maximum atomic E-state index is 9.97. The van der Waals surface area contributed by atoms with E-state index in [0.29, 0.717) is 13.1 Å². The van der Waals surface area contributed by atoms with Crippen LogP contribution in [0.1, 0.15) is 24.9 Å². The number of likely N-dealkylation sites (tertiary alicyclic amines) is 1. The van der Waals surface area contributed by atoms with E-state index in [-0.39, 0.29) is 6.04 Å². The predicted octanol–water partition coefficient (Wildman–Crippen LogP) is 1.14. The normalized spacial score (nSPS) is 28.2. The van der Waals surface area contributed by atoms with Crippen molar-refractivity contribution in [2.24, 2.45) is 5.73 Å². The summed E-state index contributed by atoms with van der Waals surface area (Å²) in [4.78, 5) is 2.27. The monoisotopic (exact) mass is 220 g/mol. The van der Waals surface area contributed by atoms with Gasteiger partial charge in [0, 0.05) is 25.7 Å². The lowest BCUT2D eigenvalue weighted by Gasteiger charge is -2.28. The van der Waals surface area contributed by atoms with Crippen molar-refractivity contribution >= 4 is 0 Å². The maximum absolute atomic E-state index is 9.97. The molecule has 0 aromatic heterocycles. The van der Waals surface area contributed by atoms with E-state index < -0.39 is 5.60 Å². The Hall–Kier alpha value is -0.900. The summed E-state index contributed by atoms with van der Waals surface area (Å²) in [6.07, 6.45) is 0.830. The molecule has 0 amide bonds. The first-order valence-electron chi connectivity index (χ1n) is 5.84. The lowest BCUT2D eigenvalue weighted by Crippen LogP contribution is -2.35. The lowest BCUT2D eigenvalue weighted by atomic mass is 10.1. The van der Waals surface area contributed by atoms with Crippen LogP contribution in [0, 0.1) is 0 Å².